The molecule has 4 heteroatoms. The Balaban J connectivity index is 1.30. The van der Waals surface area contributed by atoms with Crippen molar-refractivity contribution >= 4 is 5.91 Å². The van der Waals surface area contributed by atoms with Gasteiger partial charge in [0.25, 0.3) is 5.91 Å². The van der Waals surface area contributed by atoms with E-state index in [2.05, 4.69) is 17.4 Å². The molecular formula is C21H25NO3. The van der Waals surface area contributed by atoms with Crippen molar-refractivity contribution < 1.29 is 14.3 Å². The third-order valence-electron chi connectivity index (χ3n) is 4.34. The molecule has 1 aliphatic carbocycles. The van der Waals surface area contributed by atoms with Gasteiger partial charge in [0, 0.05) is 6.54 Å². The highest BCUT2D eigenvalue weighted by atomic mass is 16.5. The first-order valence-corrected chi connectivity index (χ1v) is 8.91. The standard InChI is InChI=1S/C21H25NO3/c1-16-5-2-8-19(13-16)24-12-4-11-22-21(23)15-25-20-10-9-17-6-3-7-18(17)14-20/h2,5,8-10,13-14H,3-4,6-7,11-12,15H2,1H3,(H,22,23). The molecule has 4 nitrogen and oxygen atoms in total. The molecule has 1 amide bonds. The molecular weight excluding hydrogens is 314 g/mol. The number of aryl methyl sites for hydroxylation is 3. The molecule has 132 valence electrons. The fraction of sp³-hybridized carbons (Fsp3) is 0.381. The molecule has 3 rings (SSSR count). The van der Waals surface area contributed by atoms with E-state index < -0.39 is 0 Å². The zero-order valence-corrected chi connectivity index (χ0v) is 14.7. The summed E-state index contributed by atoms with van der Waals surface area (Å²) in [5.74, 6) is 1.54. The first-order chi connectivity index (χ1) is 12.2. The third-order valence-corrected chi connectivity index (χ3v) is 4.34. The van der Waals surface area contributed by atoms with E-state index in [0.717, 1.165) is 30.8 Å². The lowest BCUT2D eigenvalue weighted by atomic mass is 10.1. The molecule has 0 heterocycles. The Labute approximate surface area is 149 Å². The maximum Gasteiger partial charge on any atom is 0.257 e. The average Bonchev–Trinajstić information content (AvgIpc) is 3.07. The minimum absolute atomic E-state index is 0.0531. The van der Waals surface area contributed by atoms with Crippen molar-refractivity contribution in [3.8, 4) is 11.5 Å². The number of carbonyl (C=O) groups excluding carboxylic acids is 1. The minimum Gasteiger partial charge on any atom is -0.494 e. The predicted molar refractivity (Wildman–Crippen MR) is 98.3 cm³/mol. The Morgan fingerprint density at radius 3 is 2.76 bits per heavy atom. The molecule has 0 aromatic heterocycles. The molecule has 0 unspecified atom stereocenters. The van der Waals surface area contributed by atoms with E-state index in [1.165, 1.54) is 23.1 Å². The number of fused-ring (bicyclic) bond motifs is 1. The van der Waals surface area contributed by atoms with Crippen LogP contribution in [0.25, 0.3) is 0 Å². The molecule has 2 aromatic carbocycles. The average molecular weight is 339 g/mol. The summed E-state index contributed by atoms with van der Waals surface area (Å²) in [7, 11) is 0. The molecule has 1 aliphatic rings. The van der Waals surface area contributed by atoms with E-state index in [0.29, 0.717) is 13.2 Å². The van der Waals surface area contributed by atoms with Crippen LogP contribution in [0.4, 0.5) is 0 Å². The zero-order valence-electron chi connectivity index (χ0n) is 14.7. The molecule has 0 bridgehead atoms. The second-order valence-electron chi connectivity index (χ2n) is 6.44. The molecule has 0 radical (unpaired) electrons. The van der Waals surface area contributed by atoms with Gasteiger partial charge in [-0.25, -0.2) is 0 Å². The van der Waals surface area contributed by atoms with E-state index >= 15 is 0 Å². The van der Waals surface area contributed by atoms with Gasteiger partial charge in [0.2, 0.25) is 0 Å². The number of ether oxygens (including phenoxy) is 2. The van der Waals surface area contributed by atoms with Crippen molar-refractivity contribution in [3.63, 3.8) is 0 Å². The highest BCUT2D eigenvalue weighted by molar-refractivity contribution is 5.77. The van der Waals surface area contributed by atoms with Crippen LogP contribution >= 0.6 is 0 Å². The Morgan fingerprint density at radius 1 is 1.04 bits per heavy atom. The first kappa shape index (κ1) is 17.3. The van der Waals surface area contributed by atoms with Gasteiger partial charge in [-0.15, -0.1) is 0 Å². The van der Waals surface area contributed by atoms with E-state index in [4.69, 9.17) is 9.47 Å². The molecule has 0 aliphatic heterocycles. The van der Waals surface area contributed by atoms with Crippen LogP contribution in [0.2, 0.25) is 0 Å². The predicted octanol–water partition coefficient (Wildman–Crippen LogP) is 3.45. The summed E-state index contributed by atoms with van der Waals surface area (Å²) >= 11 is 0. The second kappa shape index (κ2) is 8.56. The van der Waals surface area contributed by atoms with Crippen molar-refractivity contribution in [1.82, 2.24) is 5.32 Å². The molecule has 0 fully saturated rings. The second-order valence-corrected chi connectivity index (χ2v) is 6.44. The van der Waals surface area contributed by atoms with Crippen molar-refractivity contribution in [3.05, 3.63) is 59.2 Å². The molecule has 0 spiro atoms. The SMILES string of the molecule is Cc1cccc(OCCCNC(=O)COc2ccc3c(c2)CCC3)c1. The summed E-state index contributed by atoms with van der Waals surface area (Å²) in [6.45, 7) is 3.25. The molecule has 0 atom stereocenters. The van der Waals surface area contributed by atoms with Gasteiger partial charge in [-0.2, -0.15) is 0 Å². The van der Waals surface area contributed by atoms with E-state index in [9.17, 15) is 4.79 Å². The van der Waals surface area contributed by atoms with Crippen molar-refractivity contribution in [2.24, 2.45) is 0 Å². The van der Waals surface area contributed by atoms with Crippen LogP contribution in [0.1, 0.15) is 29.5 Å². The third kappa shape index (κ3) is 5.24. The highest BCUT2D eigenvalue weighted by Crippen LogP contribution is 2.25. The van der Waals surface area contributed by atoms with Gasteiger partial charge in [-0.05, 0) is 73.6 Å². The number of rotatable bonds is 8. The van der Waals surface area contributed by atoms with E-state index in [1.54, 1.807) is 0 Å². The first-order valence-electron chi connectivity index (χ1n) is 8.91. The number of benzene rings is 2. The monoisotopic (exact) mass is 339 g/mol. The smallest absolute Gasteiger partial charge is 0.257 e. The topological polar surface area (TPSA) is 47.6 Å². The van der Waals surface area contributed by atoms with Crippen LogP contribution in [0.15, 0.2) is 42.5 Å². The zero-order chi connectivity index (χ0) is 17.5. The van der Waals surface area contributed by atoms with Crippen LogP contribution in [0.5, 0.6) is 11.5 Å². The number of amides is 1. The lowest BCUT2D eigenvalue weighted by Gasteiger charge is -2.10. The summed E-state index contributed by atoms with van der Waals surface area (Å²) in [6.07, 6.45) is 4.24. The van der Waals surface area contributed by atoms with Gasteiger partial charge in [0.05, 0.1) is 6.61 Å². The van der Waals surface area contributed by atoms with Crippen LogP contribution in [-0.2, 0) is 17.6 Å². The van der Waals surface area contributed by atoms with Gasteiger partial charge < -0.3 is 14.8 Å². The Hall–Kier alpha value is -2.49. The highest BCUT2D eigenvalue weighted by Gasteiger charge is 2.11. The number of nitrogens with one attached hydrogen (secondary N) is 1. The Morgan fingerprint density at radius 2 is 1.88 bits per heavy atom. The van der Waals surface area contributed by atoms with E-state index in [1.807, 2.05) is 37.3 Å². The molecule has 1 N–H and O–H groups in total. The van der Waals surface area contributed by atoms with E-state index in [-0.39, 0.29) is 12.5 Å². The van der Waals surface area contributed by atoms with Gasteiger partial charge in [0.15, 0.2) is 6.61 Å². The number of hydrogen-bond donors (Lipinski definition) is 1. The van der Waals surface area contributed by atoms with Crippen molar-refractivity contribution in [1.29, 1.82) is 0 Å². The largest absolute Gasteiger partial charge is 0.494 e. The van der Waals surface area contributed by atoms with Gasteiger partial charge in [-0.1, -0.05) is 18.2 Å². The van der Waals surface area contributed by atoms with Gasteiger partial charge in [-0.3, -0.25) is 4.79 Å². The molecule has 25 heavy (non-hydrogen) atoms. The summed E-state index contributed by atoms with van der Waals surface area (Å²) in [5, 5.41) is 2.86. The fourth-order valence-corrected chi connectivity index (χ4v) is 3.03. The summed E-state index contributed by atoms with van der Waals surface area (Å²) < 4.78 is 11.2. The lowest BCUT2D eigenvalue weighted by molar-refractivity contribution is -0.123. The quantitative estimate of drug-likeness (QED) is 0.750. The molecule has 0 saturated heterocycles. The maximum absolute atomic E-state index is 11.9. The Kier molecular flexibility index (Phi) is 5.94. The van der Waals surface area contributed by atoms with Crippen molar-refractivity contribution in [2.75, 3.05) is 19.8 Å². The van der Waals surface area contributed by atoms with Crippen LogP contribution in [0.3, 0.4) is 0 Å². The summed E-state index contributed by atoms with van der Waals surface area (Å²) in [6, 6.07) is 14.1. The minimum atomic E-state index is -0.101. The molecule has 0 saturated carbocycles. The fourth-order valence-electron chi connectivity index (χ4n) is 3.03. The van der Waals surface area contributed by atoms with Crippen molar-refractivity contribution in [2.45, 2.75) is 32.6 Å². The Bertz CT molecular complexity index is 727. The van der Waals surface area contributed by atoms with Crippen LogP contribution < -0.4 is 14.8 Å². The van der Waals surface area contributed by atoms with Crippen LogP contribution in [-0.4, -0.2) is 25.7 Å². The number of carbonyl (C=O) groups is 1. The normalized spacial score (nSPS) is 12.5. The van der Waals surface area contributed by atoms with Gasteiger partial charge >= 0.3 is 0 Å². The molecule has 2 aromatic rings. The maximum atomic E-state index is 11.9. The lowest BCUT2D eigenvalue weighted by Crippen LogP contribution is -2.30. The van der Waals surface area contributed by atoms with Crippen LogP contribution in [0, 0.1) is 6.92 Å². The summed E-state index contributed by atoms with van der Waals surface area (Å²) in [5.41, 5.74) is 3.94. The summed E-state index contributed by atoms with van der Waals surface area (Å²) in [4.78, 5) is 11.9. The van der Waals surface area contributed by atoms with Gasteiger partial charge in [0.1, 0.15) is 11.5 Å². The number of hydrogen-bond acceptors (Lipinski definition) is 3.